The standard InChI is InChI=1S/C13H27NO2/c1-2-3-4-5-6-7-9-14-10-8-12(15)13(16)11-14/h12-13,15-16H,2-11H2,1H3. The number of hydrogen-bond acceptors (Lipinski definition) is 3. The zero-order chi connectivity index (χ0) is 11.8. The monoisotopic (exact) mass is 229 g/mol. The normalized spacial score (nSPS) is 27.2. The van der Waals surface area contributed by atoms with Gasteiger partial charge in [-0.15, -0.1) is 0 Å². The van der Waals surface area contributed by atoms with Crippen molar-refractivity contribution >= 4 is 0 Å². The van der Waals surface area contributed by atoms with Crippen LogP contribution in [0.5, 0.6) is 0 Å². The van der Waals surface area contributed by atoms with Gasteiger partial charge in [-0.3, -0.25) is 0 Å². The fraction of sp³-hybridized carbons (Fsp3) is 1.00. The van der Waals surface area contributed by atoms with Gasteiger partial charge >= 0.3 is 0 Å². The molecule has 1 aliphatic heterocycles. The van der Waals surface area contributed by atoms with Crippen LogP contribution < -0.4 is 0 Å². The highest BCUT2D eigenvalue weighted by molar-refractivity contribution is 4.78. The van der Waals surface area contributed by atoms with Crippen molar-refractivity contribution in [1.82, 2.24) is 4.90 Å². The molecule has 2 unspecified atom stereocenters. The maximum atomic E-state index is 9.53. The van der Waals surface area contributed by atoms with E-state index in [0.717, 1.165) is 19.5 Å². The summed E-state index contributed by atoms with van der Waals surface area (Å²) in [5.74, 6) is 0. The number of aliphatic hydroxyl groups excluding tert-OH is 2. The summed E-state index contributed by atoms with van der Waals surface area (Å²) in [5.41, 5.74) is 0. The summed E-state index contributed by atoms with van der Waals surface area (Å²) in [7, 11) is 0. The van der Waals surface area contributed by atoms with Crippen LogP contribution >= 0.6 is 0 Å². The van der Waals surface area contributed by atoms with Gasteiger partial charge in [0.15, 0.2) is 0 Å². The number of rotatable bonds is 7. The molecule has 2 N–H and O–H groups in total. The quantitative estimate of drug-likeness (QED) is 0.654. The van der Waals surface area contributed by atoms with E-state index in [1.807, 2.05) is 0 Å². The van der Waals surface area contributed by atoms with Crippen molar-refractivity contribution in [2.24, 2.45) is 0 Å². The van der Waals surface area contributed by atoms with Crippen LogP contribution in [0.4, 0.5) is 0 Å². The molecule has 0 saturated carbocycles. The molecule has 1 fully saturated rings. The van der Waals surface area contributed by atoms with Gasteiger partial charge in [-0.2, -0.15) is 0 Å². The maximum absolute atomic E-state index is 9.53. The zero-order valence-corrected chi connectivity index (χ0v) is 10.6. The van der Waals surface area contributed by atoms with E-state index in [9.17, 15) is 10.2 Å². The Bertz CT molecular complexity index is 175. The molecule has 1 rings (SSSR count). The Labute approximate surface area is 99.5 Å². The minimum absolute atomic E-state index is 0.499. The van der Waals surface area contributed by atoms with Gasteiger partial charge in [0.1, 0.15) is 0 Å². The van der Waals surface area contributed by atoms with Crippen molar-refractivity contribution in [3.63, 3.8) is 0 Å². The molecule has 0 aromatic rings. The molecule has 16 heavy (non-hydrogen) atoms. The molecule has 96 valence electrons. The van der Waals surface area contributed by atoms with Gasteiger partial charge in [0.25, 0.3) is 0 Å². The topological polar surface area (TPSA) is 43.7 Å². The number of nitrogens with zero attached hydrogens (tertiary/aromatic N) is 1. The van der Waals surface area contributed by atoms with Gasteiger partial charge in [0, 0.05) is 13.1 Å². The van der Waals surface area contributed by atoms with E-state index in [-0.39, 0.29) is 0 Å². The van der Waals surface area contributed by atoms with E-state index in [1.54, 1.807) is 0 Å². The van der Waals surface area contributed by atoms with Gasteiger partial charge in [0.05, 0.1) is 12.2 Å². The van der Waals surface area contributed by atoms with Gasteiger partial charge < -0.3 is 15.1 Å². The molecule has 0 aromatic heterocycles. The van der Waals surface area contributed by atoms with E-state index in [1.165, 1.54) is 38.5 Å². The molecule has 0 bridgehead atoms. The summed E-state index contributed by atoms with van der Waals surface area (Å²) in [6, 6.07) is 0. The largest absolute Gasteiger partial charge is 0.390 e. The summed E-state index contributed by atoms with van der Waals surface area (Å²) < 4.78 is 0. The van der Waals surface area contributed by atoms with E-state index >= 15 is 0 Å². The van der Waals surface area contributed by atoms with Crippen molar-refractivity contribution < 1.29 is 10.2 Å². The third kappa shape index (κ3) is 5.28. The summed E-state index contributed by atoms with van der Waals surface area (Å²) >= 11 is 0. The molecule has 3 heteroatoms. The Morgan fingerprint density at radius 1 is 1.00 bits per heavy atom. The van der Waals surface area contributed by atoms with E-state index in [0.29, 0.717) is 6.54 Å². The first-order valence-electron chi connectivity index (χ1n) is 6.82. The molecule has 1 heterocycles. The Morgan fingerprint density at radius 2 is 1.69 bits per heavy atom. The molecular formula is C13H27NO2. The molecule has 1 aliphatic rings. The second-order valence-electron chi connectivity index (χ2n) is 4.99. The van der Waals surface area contributed by atoms with E-state index < -0.39 is 12.2 Å². The molecule has 3 nitrogen and oxygen atoms in total. The Balaban J connectivity index is 1.97. The zero-order valence-electron chi connectivity index (χ0n) is 10.6. The fourth-order valence-corrected chi connectivity index (χ4v) is 2.30. The van der Waals surface area contributed by atoms with Crippen molar-refractivity contribution in [1.29, 1.82) is 0 Å². The smallest absolute Gasteiger partial charge is 0.0926 e. The molecule has 1 saturated heterocycles. The average Bonchev–Trinajstić information content (AvgIpc) is 2.28. The second-order valence-corrected chi connectivity index (χ2v) is 4.99. The number of likely N-dealkylation sites (tertiary alicyclic amines) is 1. The van der Waals surface area contributed by atoms with E-state index in [4.69, 9.17) is 0 Å². The molecule has 0 aromatic carbocycles. The summed E-state index contributed by atoms with van der Waals surface area (Å²) in [6.07, 6.45) is 7.57. The highest BCUT2D eigenvalue weighted by atomic mass is 16.3. The third-order valence-electron chi connectivity index (χ3n) is 3.46. The van der Waals surface area contributed by atoms with Gasteiger partial charge in [-0.25, -0.2) is 0 Å². The van der Waals surface area contributed by atoms with Gasteiger partial charge in [0.2, 0.25) is 0 Å². The summed E-state index contributed by atoms with van der Waals surface area (Å²) in [5, 5.41) is 18.9. The van der Waals surface area contributed by atoms with Crippen molar-refractivity contribution in [2.75, 3.05) is 19.6 Å². The minimum Gasteiger partial charge on any atom is -0.390 e. The molecule has 2 atom stereocenters. The van der Waals surface area contributed by atoms with Crippen molar-refractivity contribution in [2.45, 2.75) is 64.1 Å². The van der Waals surface area contributed by atoms with Crippen molar-refractivity contribution in [3.05, 3.63) is 0 Å². The molecular weight excluding hydrogens is 202 g/mol. The van der Waals surface area contributed by atoms with Crippen LogP contribution in [0.1, 0.15) is 51.9 Å². The summed E-state index contributed by atoms with van der Waals surface area (Å²) in [6.45, 7) is 4.90. The van der Waals surface area contributed by atoms with Crippen LogP contribution in [0, 0.1) is 0 Å². The first-order chi connectivity index (χ1) is 7.74. The number of piperidine rings is 1. The molecule has 0 aliphatic carbocycles. The highest BCUT2D eigenvalue weighted by Crippen LogP contribution is 2.12. The number of β-amino-alcohol motifs (C(OH)–C–C–N with tert-alkyl or cyclic N) is 1. The average molecular weight is 229 g/mol. The lowest BCUT2D eigenvalue weighted by molar-refractivity contribution is -0.0385. The number of hydrogen-bond donors (Lipinski definition) is 2. The first kappa shape index (κ1) is 13.9. The lowest BCUT2D eigenvalue weighted by Crippen LogP contribution is -2.46. The third-order valence-corrected chi connectivity index (χ3v) is 3.46. The van der Waals surface area contributed by atoms with Crippen LogP contribution in [0.3, 0.4) is 0 Å². The van der Waals surface area contributed by atoms with Crippen LogP contribution in [0.2, 0.25) is 0 Å². The highest BCUT2D eigenvalue weighted by Gasteiger charge is 2.24. The van der Waals surface area contributed by atoms with Gasteiger partial charge in [-0.05, 0) is 19.4 Å². The lowest BCUT2D eigenvalue weighted by atomic mass is 10.0. The number of aliphatic hydroxyl groups is 2. The number of unbranched alkanes of at least 4 members (excludes halogenated alkanes) is 5. The van der Waals surface area contributed by atoms with Crippen LogP contribution in [0.15, 0.2) is 0 Å². The van der Waals surface area contributed by atoms with Crippen LogP contribution in [-0.2, 0) is 0 Å². The van der Waals surface area contributed by atoms with Crippen LogP contribution in [0.25, 0.3) is 0 Å². The fourth-order valence-electron chi connectivity index (χ4n) is 2.30. The summed E-state index contributed by atoms with van der Waals surface area (Å²) in [4.78, 5) is 2.28. The first-order valence-corrected chi connectivity index (χ1v) is 6.82. The molecule has 0 radical (unpaired) electrons. The molecule has 0 amide bonds. The van der Waals surface area contributed by atoms with Crippen LogP contribution in [-0.4, -0.2) is 47.0 Å². The Morgan fingerprint density at radius 3 is 2.38 bits per heavy atom. The van der Waals surface area contributed by atoms with E-state index in [2.05, 4.69) is 11.8 Å². The Kier molecular flexibility index (Phi) is 7.01. The lowest BCUT2D eigenvalue weighted by Gasteiger charge is -2.33. The predicted molar refractivity (Wildman–Crippen MR) is 66.4 cm³/mol. The molecule has 0 spiro atoms. The predicted octanol–water partition coefficient (Wildman–Crippen LogP) is 1.77. The SMILES string of the molecule is CCCCCCCCN1CCC(O)C(O)C1. The Hall–Kier alpha value is -0.120. The van der Waals surface area contributed by atoms with Gasteiger partial charge in [-0.1, -0.05) is 39.0 Å². The maximum Gasteiger partial charge on any atom is 0.0926 e. The minimum atomic E-state index is -0.533. The second kappa shape index (κ2) is 8.04. The van der Waals surface area contributed by atoms with Crippen molar-refractivity contribution in [3.8, 4) is 0 Å².